The van der Waals surface area contributed by atoms with Crippen LogP contribution in [0.2, 0.25) is 0 Å². The van der Waals surface area contributed by atoms with Gasteiger partial charge >= 0.3 is 5.97 Å². The highest BCUT2D eigenvalue weighted by atomic mass is 16.6. The van der Waals surface area contributed by atoms with E-state index in [1.54, 1.807) is 12.5 Å². The monoisotopic (exact) mass is 381 g/mol. The molecule has 1 aliphatic heterocycles. The van der Waals surface area contributed by atoms with E-state index in [2.05, 4.69) is 24.9 Å². The van der Waals surface area contributed by atoms with Gasteiger partial charge in [-0.3, -0.25) is 4.98 Å². The summed E-state index contributed by atoms with van der Waals surface area (Å²) in [5, 5.41) is 11.1. The molecule has 1 aliphatic carbocycles. The van der Waals surface area contributed by atoms with Crippen molar-refractivity contribution >= 4 is 12.0 Å². The summed E-state index contributed by atoms with van der Waals surface area (Å²) in [6.07, 6.45) is 10.5. The van der Waals surface area contributed by atoms with Gasteiger partial charge in [-0.15, -0.1) is 0 Å². The molecule has 3 heterocycles. The predicted octanol–water partition coefficient (Wildman–Crippen LogP) is 4.33. The summed E-state index contributed by atoms with van der Waals surface area (Å²) in [7, 11) is 0. The van der Waals surface area contributed by atoms with E-state index >= 15 is 0 Å². The van der Waals surface area contributed by atoms with Gasteiger partial charge in [0, 0.05) is 23.2 Å². The molecule has 28 heavy (non-hydrogen) atoms. The highest BCUT2D eigenvalue weighted by Crippen LogP contribution is 2.52. The molecule has 148 valence electrons. The molecule has 2 aliphatic rings. The van der Waals surface area contributed by atoms with Crippen LogP contribution in [-0.2, 0) is 9.53 Å². The van der Waals surface area contributed by atoms with Gasteiger partial charge < -0.3 is 14.3 Å². The summed E-state index contributed by atoms with van der Waals surface area (Å²) in [4.78, 5) is 16.9. The third-order valence-electron chi connectivity index (χ3n) is 6.58. The minimum atomic E-state index is -1.38. The maximum atomic E-state index is 12.3. The number of hydrogen-bond acceptors (Lipinski definition) is 5. The molecule has 0 radical (unpaired) electrons. The lowest BCUT2D eigenvalue weighted by Crippen LogP contribution is -2.53. The van der Waals surface area contributed by atoms with Gasteiger partial charge in [0.2, 0.25) is 0 Å². The van der Waals surface area contributed by atoms with Crippen LogP contribution in [0.25, 0.3) is 17.2 Å². The maximum Gasteiger partial charge on any atom is 0.338 e. The SMILES string of the molecule is CC[C@H]1[C@H](/C=C/c2ccc(-c3ccoc3)cn2)[C@@H]2[C@@H](C)OC(=O)[C@]2(O)C[C@@H]1C. The van der Waals surface area contributed by atoms with Crippen molar-refractivity contribution < 1.29 is 19.1 Å². The van der Waals surface area contributed by atoms with Crippen LogP contribution in [0.3, 0.4) is 0 Å². The molecule has 6 atom stereocenters. The number of carbonyl (C=O) groups excluding carboxylic acids is 1. The lowest BCUT2D eigenvalue weighted by Gasteiger charge is -2.45. The summed E-state index contributed by atoms with van der Waals surface area (Å²) in [5.41, 5.74) is 1.47. The number of aromatic nitrogens is 1. The minimum absolute atomic E-state index is 0.0653. The number of furan rings is 1. The van der Waals surface area contributed by atoms with Crippen molar-refractivity contribution in [1.82, 2.24) is 4.98 Å². The Morgan fingerprint density at radius 2 is 2.11 bits per heavy atom. The van der Waals surface area contributed by atoms with Crippen LogP contribution in [0.1, 0.15) is 39.3 Å². The van der Waals surface area contributed by atoms with Crippen LogP contribution >= 0.6 is 0 Å². The largest absolute Gasteiger partial charge is 0.472 e. The van der Waals surface area contributed by atoms with Gasteiger partial charge in [0.25, 0.3) is 0 Å². The molecule has 5 heteroatoms. The number of aliphatic hydroxyl groups is 1. The zero-order valence-electron chi connectivity index (χ0n) is 16.5. The van der Waals surface area contributed by atoms with Gasteiger partial charge in [-0.25, -0.2) is 4.79 Å². The van der Waals surface area contributed by atoms with Gasteiger partial charge in [0.15, 0.2) is 5.60 Å². The van der Waals surface area contributed by atoms with E-state index in [-0.39, 0.29) is 23.9 Å². The fourth-order valence-corrected chi connectivity index (χ4v) is 5.26. The van der Waals surface area contributed by atoms with Crippen molar-refractivity contribution in [1.29, 1.82) is 0 Å². The van der Waals surface area contributed by atoms with E-state index in [1.807, 2.05) is 37.4 Å². The molecule has 2 aromatic rings. The lowest BCUT2D eigenvalue weighted by atomic mass is 9.59. The molecule has 1 saturated heterocycles. The molecule has 2 aromatic heterocycles. The first-order valence-electron chi connectivity index (χ1n) is 10.0. The van der Waals surface area contributed by atoms with Crippen molar-refractivity contribution in [2.45, 2.75) is 45.3 Å². The quantitative estimate of drug-likeness (QED) is 0.798. The second kappa shape index (κ2) is 7.21. The summed E-state index contributed by atoms with van der Waals surface area (Å²) in [5.74, 6) is 0.0180. The molecule has 0 unspecified atom stereocenters. The summed E-state index contributed by atoms with van der Waals surface area (Å²) in [6, 6.07) is 5.89. The molecule has 0 aromatic carbocycles. The Bertz CT molecular complexity index is 857. The van der Waals surface area contributed by atoms with E-state index in [1.165, 1.54) is 0 Å². The molecule has 2 fully saturated rings. The van der Waals surface area contributed by atoms with E-state index in [0.29, 0.717) is 12.3 Å². The van der Waals surface area contributed by atoms with Crippen LogP contribution in [0.5, 0.6) is 0 Å². The van der Waals surface area contributed by atoms with Gasteiger partial charge in [-0.1, -0.05) is 32.4 Å². The van der Waals surface area contributed by atoms with Crippen molar-refractivity contribution in [3.05, 3.63) is 48.7 Å². The molecular formula is C23H27NO4. The predicted molar refractivity (Wildman–Crippen MR) is 106 cm³/mol. The highest BCUT2D eigenvalue weighted by molar-refractivity contribution is 5.82. The standard InChI is InChI=1S/C23H27NO4/c1-4-19-14(2)11-23(26)21(15(3)28-22(23)25)20(19)8-7-18-6-5-16(12-24-18)17-9-10-27-13-17/h5-10,12-15,19-21,26H,4,11H2,1-3H3/b8-7+/t14-,15+,19+,20-,21-,23-/m0/s1. The molecule has 4 rings (SSSR count). The summed E-state index contributed by atoms with van der Waals surface area (Å²) < 4.78 is 10.6. The van der Waals surface area contributed by atoms with Crippen molar-refractivity contribution in [2.24, 2.45) is 23.7 Å². The third-order valence-corrected chi connectivity index (χ3v) is 6.58. The average molecular weight is 381 g/mol. The number of pyridine rings is 1. The Hall–Kier alpha value is -2.40. The van der Waals surface area contributed by atoms with Gasteiger partial charge in [0.05, 0.1) is 18.2 Å². The van der Waals surface area contributed by atoms with E-state index < -0.39 is 11.6 Å². The Kier molecular flexibility index (Phi) is 4.88. The number of carbonyl (C=O) groups is 1. The number of hydrogen-bond donors (Lipinski definition) is 1. The first-order chi connectivity index (χ1) is 13.4. The first kappa shape index (κ1) is 18.9. The van der Waals surface area contributed by atoms with Gasteiger partial charge in [-0.05, 0) is 49.3 Å². The van der Waals surface area contributed by atoms with Crippen LogP contribution < -0.4 is 0 Å². The smallest absolute Gasteiger partial charge is 0.338 e. The molecule has 0 bridgehead atoms. The normalized spacial score (nSPS) is 35.1. The van der Waals surface area contributed by atoms with Crippen molar-refractivity contribution in [3.63, 3.8) is 0 Å². The summed E-state index contributed by atoms with van der Waals surface area (Å²) in [6.45, 7) is 6.19. The lowest BCUT2D eigenvalue weighted by molar-refractivity contribution is -0.160. The zero-order valence-corrected chi connectivity index (χ0v) is 16.5. The number of nitrogens with zero attached hydrogens (tertiary/aromatic N) is 1. The van der Waals surface area contributed by atoms with Crippen LogP contribution in [-0.4, -0.2) is 27.8 Å². The van der Waals surface area contributed by atoms with E-state index in [4.69, 9.17) is 9.15 Å². The zero-order chi connectivity index (χ0) is 19.9. The van der Waals surface area contributed by atoms with Crippen LogP contribution in [0.4, 0.5) is 0 Å². The molecular weight excluding hydrogens is 354 g/mol. The second-order valence-corrected chi connectivity index (χ2v) is 8.23. The topological polar surface area (TPSA) is 72.6 Å². The molecule has 0 amide bonds. The number of ether oxygens (including phenoxy) is 1. The number of rotatable bonds is 4. The Morgan fingerprint density at radius 1 is 1.29 bits per heavy atom. The molecule has 1 N–H and O–H groups in total. The van der Waals surface area contributed by atoms with Crippen LogP contribution in [0, 0.1) is 23.7 Å². The number of fused-ring (bicyclic) bond motifs is 1. The number of cyclic esters (lactones) is 1. The van der Waals surface area contributed by atoms with Gasteiger partial charge in [-0.2, -0.15) is 0 Å². The first-order valence-corrected chi connectivity index (χ1v) is 10.0. The van der Waals surface area contributed by atoms with Gasteiger partial charge in [0.1, 0.15) is 6.10 Å². The Balaban J connectivity index is 1.61. The van der Waals surface area contributed by atoms with Crippen molar-refractivity contribution in [3.8, 4) is 11.1 Å². The highest BCUT2D eigenvalue weighted by Gasteiger charge is 2.62. The second-order valence-electron chi connectivity index (χ2n) is 8.23. The minimum Gasteiger partial charge on any atom is -0.472 e. The summed E-state index contributed by atoms with van der Waals surface area (Å²) >= 11 is 0. The van der Waals surface area contributed by atoms with Crippen molar-refractivity contribution in [2.75, 3.05) is 0 Å². The van der Waals surface area contributed by atoms with E-state index in [9.17, 15) is 9.90 Å². The average Bonchev–Trinajstić information content (AvgIpc) is 3.27. The molecule has 5 nitrogen and oxygen atoms in total. The Morgan fingerprint density at radius 3 is 2.75 bits per heavy atom. The number of allylic oxidation sites excluding steroid dienone is 1. The Labute approximate surface area is 165 Å². The fourth-order valence-electron chi connectivity index (χ4n) is 5.26. The number of esters is 1. The fraction of sp³-hybridized carbons (Fsp3) is 0.478. The third kappa shape index (κ3) is 3.08. The maximum absolute atomic E-state index is 12.3. The van der Waals surface area contributed by atoms with Crippen LogP contribution in [0.15, 0.2) is 47.4 Å². The van der Waals surface area contributed by atoms with E-state index in [0.717, 1.165) is 23.2 Å². The molecule has 0 spiro atoms. The molecule has 1 saturated carbocycles.